The van der Waals surface area contributed by atoms with Crippen LogP contribution in [0, 0.1) is 5.92 Å². The van der Waals surface area contributed by atoms with Gasteiger partial charge in [-0.3, -0.25) is 4.79 Å². The van der Waals surface area contributed by atoms with Crippen LogP contribution in [0.1, 0.15) is 30.6 Å². The summed E-state index contributed by atoms with van der Waals surface area (Å²) in [6, 6.07) is 8.08. The summed E-state index contributed by atoms with van der Waals surface area (Å²) in [5.74, 6) is 0.610. The van der Waals surface area contributed by atoms with E-state index in [1.807, 2.05) is 30.5 Å². The van der Waals surface area contributed by atoms with E-state index >= 15 is 0 Å². The normalized spacial score (nSPS) is 13.0. The summed E-state index contributed by atoms with van der Waals surface area (Å²) in [5.41, 5.74) is 1.77. The third-order valence-electron chi connectivity index (χ3n) is 3.79. The quantitative estimate of drug-likeness (QED) is 0.858. The van der Waals surface area contributed by atoms with Crippen molar-refractivity contribution in [2.24, 2.45) is 5.92 Å². The topological polar surface area (TPSA) is 48.1 Å². The highest BCUT2D eigenvalue weighted by atomic mass is 16.1. The van der Waals surface area contributed by atoms with Crippen LogP contribution in [0.2, 0.25) is 0 Å². The zero-order valence-corrected chi connectivity index (χ0v) is 13.3. The average molecular weight is 287 g/mol. The van der Waals surface area contributed by atoms with Crippen molar-refractivity contribution < 1.29 is 4.79 Å². The van der Waals surface area contributed by atoms with Crippen molar-refractivity contribution in [1.29, 1.82) is 0 Å². The Morgan fingerprint density at radius 1 is 1.29 bits per heavy atom. The zero-order valence-electron chi connectivity index (χ0n) is 13.3. The lowest BCUT2D eigenvalue weighted by Crippen LogP contribution is -2.41. The molecule has 1 unspecified atom stereocenters. The first-order valence-electron chi connectivity index (χ1n) is 7.49. The second-order valence-corrected chi connectivity index (χ2v) is 6.24. The first kappa shape index (κ1) is 15.6. The lowest BCUT2D eigenvalue weighted by molar-refractivity contribution is 0.0938. The van der Waals surface area contributed by atoms with E-state index in [0.29, 0.717) is 24.1 Å². The number of nitrogens with one attached hydrogen (secondary N) is 2. The van der Waals surface area contributed by atoms with Crippen LogP contribution in [-0.2, 0) is 0 Å². The maximum absolute atomic E-state index is 12.3. The molecule has 4 heteroatoms. The van der Waals surface area contributed by atoms with Crippen molar-refractivity contribution in [3.63, 3.8) is 0 Å². The lowest BCUT2D eigenvalue weighted by atomic mass is 10.0. The zero-order chi connectivity index (χ0) is 15.4. The third-order valence-corrected chi connectivity index (χ3v) is 3.79. The number of aromatic amines is 1. The SMILES string of the molecule is CC(C)CC(CNC(=O)c1ccc2[nH]ccc2c1)N(C)C. The van der Waals surface area contributed by atoms with Gasteiger partial charge in [0, 0.05) is 35.2 Å². The molecule has 1 atom stereocenters. The Balaban J connectivity index is 1.99. The molecular formula is C17H25N3O. The van der Waals surface area contributed by atoms with E-state index in [1.165, 1.54) is 0 Å². The van der Waals surface area contributed by atoms with Crippen molar-refractivity contribution in [2.45, 2.75) is 26.3 Å². The van der Waals surface area contributed by atoms with Gasteiger partial charge in [0.15, 0.2) is 0 Å². The number of likely N-dealkylation sites (N-methyl/N-ethyl adjacent to an activating group) is 1. The third kappa shape index (κ3) is 4.08. The predicted octanol–water partition coefficient (Wildman–Crippen LogP) is 2.87. The summed E-state index contributed by atoms with van der Waals surface area (Å²) in [7, 11) is 4.12. The molecule has 0 saturated carbocycles. The number of rotatable bonds is 6. The maximum atomic E-state index is 12.3. The molecule has 1 heterocycles. The minimum Gasteiger partial charge on any atom is -0.361 e. The van der Waals surface area contributed by atoms with Gasteiger partial charge < -0.3 is 15.2 Å². The molecule has 0 spiro atoms. The van der Waals surface area contributed by atoms with Crippen LogP contribution in [0.4, 0.5) is 0 Å². The largest absolute Gasteiger partial charge is 0.361 e. The molecule has 114 valence electrons. The lowest BCUT2D eigenvalue weighted by Gasteiger charge is -2.26. The molecule has 2 rings (SSSR count). The molecule has 1 aromatic heterocycles. The van der Waals surface area contributed by atoms with Crippen molar-refractivity contribution >= 4 is 16.8 Å². The Hall–Kier alpha value is -1.81. The number of hydrogen-bond acceptors (Lipinski definition) is 2. The van der Waals surface area contributed by atoms with Gasteiger partial charge in [-0.2, -0.15) is 0 Å². The number of nitrogens with zero attached hydrogens (tertiary/aromatic N) is 1. The summed E-state index contributed by atoms with van der Waals surface area (Å²) < 4.78 is 0. The monoisotopic (exact) mass is 287 g/mol. The van der Waals surface area contributed by atoms with Crippen LogP contribution in [0.3, 0.4) is 0 Å². The van der Waals surface area contributed by atoms with Crippen molar-refractivity contribution in [3.05, 3.63) is 36.0 Å². The smallest absolute Gasteiger partial charge is 0.251 e. The summed E-state index contributed by atoms with van der Waals surface area (Å²) in [4.78, 5) is 17.6. The number of hydrogen-bond donors (Lipinski definition) is 2. The predicted molar refractivity (Wildman–Crippen MR) is 87.6 cm³/mol. The molecule has 1 aromatic carbocycles. The van der Waals surface area contributed by atoms with Crippen molar-refractivity contribution in [2.75, 3.05) is 20.6 Å². The molecule has 0 radical (unpaired) electrons. The fourth-order valence-electron chi connectivity index (χ4n) is 2.53. The van der Waals surface area contributed by atoms with E-state index in [0.717, 1.165) is 17.3 Å². The Kier molecular flexibility index (Phi) is 5.02. The van der Waals surface area contributed by atoms with Gasteiger partial charge in [0.05, 0.1) is 0 Å². The van der Waals surface area contributed by atoms with Gasteiger partial charge in [0.2, 0.25) is 0 Å². The van der Waals surface area contributed by atoms with Crippen LogP contribution >= 0.6 is 0 Å². The van der Waals surface area contributed by atoms with E-state index in [2.05, 4.69) is 43.1 Å². The highest BCUT2D eigenvalue weighted by Crippen LogP contribution is 2.14. The minimum absolute atomic E-state index is 0.00583. The second-order valence-electron chi connectivity index (χ2n) is 6.24. The van der Waals surface area contributed by atoms with Gasteiger partial charge in [-0.05, 0) is 50.7 Å². The van der Waals surface area contributed by atoms with Crippen LogP contribution in [-0.4, -0.2) is 42.5 Å². The fraction of sp³-hybridized carbons (Fsp3) is 0.471. The Morgan fingerprint density at radius 3 is 2.71 bits per heavy atom. The Bertz CT molecular complexity index is 601. The van der Waals surface area contributed by atoms with E-state index in [-0.39, 0.29) is 5.91 Å². The number of benzene rings is 1. The summed E-state index contributed by atoms with van der Waals surface area (Å²) in [5, 5.41) is 4.12. The fourth-order valence-corrected chi connectivity index (χ4v) is 2.53. The van der Waals surface area contributed by atoms with Gasteiger partial charge in [-0.25, -0.2) is 0 Å². The highest BCUT2D eigenvalue weighted by Gasteiger charge is 2.15. The summed E-state index contributed by atoms with van der Waals surface area (Å²) >= 11 is 0. The van der Waals surface area contributed by atoms with Crippen LogP contribution in [0.5, 0.6) is 0 Å². The Morgan fingerprint density at radius 2 is 2.05 bits per heavy atom. The van der Waals surface area contributed by atoms with Gasteiger partial charge in [0.25, 0.3) is 5.91 Å². The summed E-state index contributed by atoms with van der Waals surface area (Å²) in [6.07, 6.45) is 2.96. The molecular weight excluding hydrogens is 262 g/mol. The molecule has 0 bridgehead atoms. The van der Waals surface area contributed by atoms with E-state index in [1.54, 1.807) is 0 Å². The average Bonchev–Trinajstić information content (AvgIpc) is 2.89. The number of aromatic nitrogens is 1. The molecule has 2 aromatic rings. The van der Waals surface area contributed by atoms with Crippen molar-refractivity contribution in [1.82, 2.24) is 15.2 Å². The van der Waals surface area contributed by atoms with Gasteiger partial charge in [-0.15, -0.1) is 0 Å². The van der Waals surface area contributed by atoms with Crippen LogP contribution < -0.4 is 5.32 Å². The summed E-state index contributed by atoms with van der Waals surface area (Å²) in [6.45, 7) is 5.09. The van der Waals surface area contributed by atoms with E-state index in [4.69, 9.17) is 0 Å². The molecule has 0 aliphatic heterocycles. The molecule has 0 aliphatic rings. The highest BCUT2D eigenvalue weighted by molar-refractivity contribution is 5.98. The standard InChI is InChI=1S/C17H25N3O/c1-12(2)9-15(20(3)4)11-19-17(21)14-5-6-16-13(10-14)7-8-18-16/h5-8,10,12,15,18H,9,11H2,1-4H3,(H,19,21). The Labute approximate surface area is 126 Å². The van der Waals surface area contributed by atoms with Gasteiger partial charge >= 0.3 is 0 Å². The number of H-pyrrole nitrogens is 1. The van der Waals surface area contributed by atoms with E-state index in [9.17, 15) is 4.79 Å². The molecule has 4 nitrogen and oxygen atoms in total. The molecule has 0 aliphatic carbocycles. The first-order chi connectivity index (χ1) is 9.97. The molecule has 2 N–H and O–H groups in total. The number of carbonyl (C=O) groups is 1. The maximum Gasteiger partial charge on any atom is 0.251 e. The number of carbonyl (C=O) groups excluding carboxylic acids is 1. The van der Waals surface area contributed by atoms with Crippen molar-refractivity contribution in [3.8, 4) is 0 Å². The first-order valence-corrected chi connectivity index (χ1v) is 7.49. The minimum atomic E-state index is -0.00583. The number of amides is 1. The second kappa shape index (κ2) is 6.76. The van der Waals surface area contributed by atoms with Crippen LogP contribution in [0.25, 0.3) is 10.9 Å². The number of fused-ring (bicyclic) bond motifs is 1. The van der Waals surface area contributed by atoms with Gasteiger partial charge in [-0.1, -0.05) is 13.8 Å². The van der Waals surface area contributed by atoms with Gasteiger partial charge in [0.1, 0.15) is 0 Å². The molecule has 0 saturated heterocycles. The molecule has 1 amide bonds. The van der Waals surface area contributed by atoms with E-state index < -0.39 is 0 Å². The van der Waals surface area contributed by atoms with Crippen LogP contribution in [0.15, 0.2) is 30.5 Å². The molecule has 21 heavy (non-hydrogen) atoms. The molecule has 0 fully saturated rings.